The third-order valence-electron chi connectivity index (χ3n) is 5.31. The van der Waals surface area contributed by atoms with Gasteiger partial charge in [0.2, 0.25) is 0 Å². The van der Waals surface area contributed by atoms with Crippen molar-refractivity contribution in [2.45, 2.75) is 90.4 Å². The molecule has 0 aromatic heterocycles. The summed E-state index contributed by atoms with van der Waals surface area (Å²) in [6.45, 7) is 2.89. The minimum Gasteiger partial charge on any atom is -0.481 e. The fourth-order valence-electron chi connectivity index (χ4n) is 3.52. The van der Waals surface area contributed by atoms with Crippen LogP contribution in [-0.2, 0) is 16.0 Å². The second-order valence-corrected chi connectivity index (χ2v) is 7.87. The number of anilines is 1. The van der Waals surface area contributed by atoms with E-state index in [0.717, 1.165) is 12.1 Å². The monoisotopic (exact) mass is 405 g/mol. The van der Waals surface area contributed by atoms with E-state index in [1.807, 2.05) is 17.0 Å². The van der Waals surface area contributed by atoms with Crippen molar-refractivity contribution in [1.29, 1.82) is 0 Å². The fourth-order valence-corrected chi connectivity index (χ4v) is 3.52. The number of carboxylic acids is 2. The van der Waals surface area contributed by atoms with Gasteiger partial charge < -0.3 is 15.1 Å². The van der Waals surface area contributed by atoms with Crippen molar-refractivity contribution in [3.8, 4) is 0 Å². The number of hydrogen-bond acceptors (Lipinski definition) is 3. The van der Waals surface area contributed by atoms with E-state index in [1.54, 1.807) is 0 Å². The number of carbonyl (C=O) groups is 2. The van der Waals surface area contributed by atoms with Gasteiger partial charge in [0.15, 0.2) is 0 Å². The number of rotatable bonds is 18. The Kier molecular flexibility index (Phi) is 13.6. The SMILES string of the molecule is CCCCCCCCCCCCc1ccc(N(CCC(=O)O)CCC(=O)O)cc1. The molecule has 0 amide bonds. The van der Waals surface area contributed by atoms with Crippen LogP contribution in [-0.4, -0.2) is 35.2 Å². The highest BCUT2D eigenvalue weighted by Gasteiger charge is 2.11. The van der Waals surface area contributed by atoms with Crippen LogP contribution in [0.15, 0.2) is 24.3 Å². The molecular weight excluding hydrogens is 366 g/mol. The molecule has 0 aliphatic carbocycles. The van der Waals surface area contributed by atoms with Gasteiger partial charge in [-0.3, -0.25) is 9.59 Å². The van der Waals surface area contributed by atoms with Crippen molar-refractivity contribution in [2.75, 3.05) is 18.0 Å². The van der Waals surface area contributed by atoms with Crippen LogP contribution in [0.4, 0.5) is 5.69 Å². The molecule has 5 heteroatoms. The zero-order valence-electron chi connectivity index (χ0n) is 18.1. The van der Waals surface area contributed by atoms with Crippen LogP contribution in [0.1, 0.15) is 89.5 Å². The third kappa shape index (κ3) is 12.9. The number of unbranched alkanes of at least 4 members (excludes halogenated alkanes) is 9. The van der Waals surface area contributed by atoms with Gasteiger partial charge in [-0.1, -0.05) is 76.8 Å². The molecule has 0 atom stereocenters. The Morgan fingerprint density at radius 2 is 1.17 bits per heavy atom. The highest BCUT2D eigenvalue weighted by atomic mass is 16.4. The molecule has 1 rings (SSSR count). The van der Waals surface area contributed by atoms with Gasteiger partial charge in [0.05, 0.1) is 12.8 Å². The van der Waals surface area contributed by atoms with Gasteiger partial charge in [-0.25, -0.2) is 0 Å². The summed E-state index contributed by atoms with van der Waals surface area (Å²) in [4.78, 5) is 23.6. The van der Waals surface area contributed by atoms with Crippen molar-refractivity contribution >= 4 is 17.6 Å². The Morgan fingerprint density at radius 3 is 1.62 bits per heavy atom. The number of nitrogens with zero attached hydrogens (tertiary/aromatic N) is 1. The van der Waals surface area contributed by atoms with Crippen LogP contribution in [0.2, 0.25) is 0 Å². The minimum absolute atomic E-state index is 0.0000254. The lowest BCUT2D eigenvalue weighted by atomic mass is 10.0. The number of aliphatic carboxylic acids is 2. The van der Waals surface area contributed by atoms with E-state index in [2.05, 4.69) is 19.1 Å². The highest BCUT2D eigenvalue weighted by Crippen LogP contribution is 2.18. The van der Waals surface area contributed by atoms with Crippen LogP contribution < -0.4 is 4.90 Å². The lowest BCUT2D eigenvalue weighted by Gasteiger charge is -2.23. The molecule has 0 spiro atoms. The minimum atomic E-state index is -0.872. The van der Waals surface area contributed by atoms with E-state index >= 15 is 0 Å². The van der Waals surface area contributed by atoms with Crippen molar-refractivity contribution in [3.05, 3.63) is 29.8 Å². The molecule has 0 heterocycles. The highest BCUT2D eigenvalue weighted by molar-refractivity contribution is 5.69. The van der Waals surface area contributed by atoms with E-state index in [-0.39, 0.29) is 12.8 Å². The van der Waals surface area contributed by atoms with Crippen LogP contribution in [0.5, 0.6) is 0 Å². The smallest absolute Gasteiger partial charge is 0.305 e. The molecule has 0 aliphatic rings. The summed E-state index contributed by atoms with van der Waals surface area (Å²) in [5.74, 6) is -1.74. The summed E-state index contributed by atoms with van der Waals surface area (Å²) in [6.07, 6.45) is 14.4. The maximum absolute atomic E-state index is 10.9. The lowest BCUT2D eigenvalue weighted by molar-refractivity contribution is -0.137. The number of carboxylic acid groups (broad SMARTS) is 2. The van der Waals surface area contributed by atoms with Gasteiger partial charge in [0, 0.05) is 18.8 Å². The molecule has 2 N–H and O–H groups in total. The molecule has 0 saturated heterocycles. The molecule has 0 saturated carbocycles. The lowest BCUT2D eigenvalue weighted by Crippen LogP contribution is -2.28. The first-order valence-electron chi connectivity index (χ1n) is 11.3. The van der Waals surface area contributed by atoms with Gasteiger partial charge in [-0.15, -0.1) is 0 Å². The fraction of sp³-hybridized carbons (Fsp3) is 0.667. The van der Waals surface area contributed by atoms with Crippen LogP contribution in [0, 0.1) is 0 Å². The zero-order chi connectivity index (χ0) is 21.3. The van der Waals surface area contributed by atoms with Crippen molar-refractivity contribution in [2.24, 2.45) is 0 Å². The first kappa shape index (κ1) is 25.0. The Morgan fingerprint density at radius 1 is 0.724 bits per heavy atom. The predicted octanol–water partition coefficient (Wildman–Crippen LogP) is 5.91. The standard InChI is InChI=1S/C24H39NO4/c1-2-3-4-5-6-7-8-9-10-11-12-21-13-15-22(16-14-21)25(19-17-23(26)27)20-18-24(28)29/h13-16H,2-12,17-20H2,1H3,(H,26,27)(H,28,29). The normalized spacial score (nSPS) is 10.8. The van der Waals surface area contributed by atoms with Gasteiger partial charge in [-0.2, -0.15) is 0 Å². The quantitative estimate of drug-likeness (QED) is 0.297. The van der Waals surface area contributed by atoms with E-state index in [0.29, 0.717) is 13.1 Å². The first-order chi connectivity index (χ1) is 14.0. The molecule has 0 fully saturated rings. The second kappa shape index (κ2) is 15.8. The van der Waals surface area contributed by atoms with Gasteiger partial charge >= 0.3 is 11.9 Å². The van der Waals surface area contributed by atoms with Crippen LogP contribution in [0.3, 0.4) is 0 Å². The third-order valence-corrected chi connectivity index (χ3v) is 5.31. The molecule has 29 heavy (non-hydrogen) atoms. The molecule has 0 bridgehead atoms. The zero-order valence-corrected chi connectivity index (χ0v) is 18.1. The Labute approximate surface area is 176 Å². The Balaban J connectivity index is 2.29. The van der Waals surface area contributed by atoms with E-state index in [4.69, 9.17) is 10.2 Å². The molecule has 0 aliphatic heterocycles. The van der Waals surface area contributed by atoms with Crippen molar-refractivity contribution in [3.63, 3.8) is 0 Å². The molecular formula is C24H39NO4. The maximum atomic E-state index is 10.9. The van der Waals surface area contributed by atoms with Crippen molar-refractivity contribution in [1.82, 2.24) is 0 Å². The summed E-state index contributed by atoms with van der Waals surface area (Å²) in [6, 6.07) is 8.12. The van der Waals surface area contributed by atoms with Gasteiger partial charge in [-0.05, 0) is 30.5 Å². The summed E-state index contributed by atoms with van der Waals surface area (Å²) in [7, 11) is 0. The molecule has 1 aromatic rings. The van der Waals surface area contributed by atoms with E-state index in [9.17, 15) is 9.59 Å². The number of hydrogen-bond donors (Lipinski definition) is 2. The molecule has 0 unspecified atom stereocenters. The second-order valence-electron chi connectivity index (χ2n) is 7.87. The maximum Gasteiger partial charge on any atom is 0.305 e. The molecule has 5 nitrogen and oxygen atoms in total. The van der Waals surface area contributed by atoms with E-state index < -0.39 is 11.9 Å². The largest absolute Gasteiger partial charge is 0.481 e. The van der Waals surface area contributed by atoms with Gasteiger partial charge in [0.1, 0.15) is 0 Å². The molecule has 0 radical (unpaired) electrons. The average Bonchev–Trinajstić information content (AvgIpc) is 2.70. The van der Waals surface area contributed by atoms with Crippen LogP contribution >= 0.6 is 0 Å². The molecule has 1 aromatic carbocycles. The Hall–Kier alpha value is -2.04. The van der Waals surface area contributed by atoms with Crippen LogP contribution in [0.25, 0.3) is 0 Å². The molecule has 164 valence electrons. The number of aryl methyl sites for hydroxylation is 1. The van der Waals surface area contributed by atoms with Crippen molar-refractivity contribution < 1.29 is 19.8 Å². The summed E-state index contributed by atoms with van der Waals surface area (Å²) in [5, 5.41) is 17.8. The topological polar surface area (TPSA) is 77.8 Å². The number of benzene rings is 1. The Bertz CT molecular complexity index is 553. The summed E-state index contributed by atoms with van der Waals surface area (Å²) >= 11 is 0. The predicted molar refractivity (Wildman–Crippen MR) is 119 cm³/mol. The summed E-state index contributed by atoms with van der Waals surface area (Å²) in [5.41, 5.74) is 2.17. The average molecular weight is 406 g/mol. The van der Waals surface area contributed by atoms with Gasteiger partial charge in [0.25, 0.3) is 0 Å². The first-order valence-corrected chi connectivity index (χ1v) is 11.3. The summed E-state index contributed by atoms with van der Waals surface area (Å²) < 4.78 is 0. The van der Waals surface area contributed by atoms with E-state index in [1.165, 1.54) is 69.8 Å².